The first-order valence-electron chi connectivity index (χ1n) is 9.92. The Morgan fingerprint density at radius 3 is 2.52 bits per heavy atom. The van der Waals surface area contributed by atoms with Crippen LogP contribution in [0.15, 0.2) is 71.8 Å². The molecule has 0 atom stereocenters. The lowest BCUT2D eigenvalue weighted by Gasteiger charge is -2.11. The van der Waals surface area contributed by atoms with Crippen molar-refractivity contribution in [2.24, 2.45) is 5.10 Å². The van der Waals surface area contributed by atoms with Crippen LogP contribution in [0.25, 0.3) is 0 Å². The molecule has 0 spiro atoms. The number of hydrogen-bond donors (Lipinski definition) is 1. The van der Waals surface area contributed by atoms with Crippen LogP contribution < -0.4 is 19.6 Å². The highest BCUT2D eigenvalue weighted by Gasteiger charge is 2.07. The van der Waals surface area contributed by atoms with Gasteiger partial charge in [-0.15, -0.1) is 0 Å². The maximum absolute atomic E-state index is 12.0. The summed E-state index contributed by atoms with van der Waals surface area (Å²) in [5.74, 6) is 1.57. The van der Waals surface area contributed by atoms with Gasteiger partial charge in [-0.25, -0.2) is 5.43 Å². The second-order valence-corrected chi connectivity index (χ2v) is 7.04. The number of aryl methyl sites for hydroxylation is 2. The summed E-state index contributed by atoms with van der Waals surface area (Å²) in [6, 6.07) is 21.2. The van der Waals surface area contributed by atoms with Gasteiger partial charge in [-0.05, 0) is 60.4 Å². The van der Waals surface area contributed by atoms with Crippen molar-refractivity contribution in [1.82, 2.24) is 5.43 Å². The van der Waals surface area contributed by atoms with E-state index in [-0.39, 0.29) is 12.5 Å². The molecule has 1 amide bonds. The molecule has 0 aliphatic rings. The van der Waals surface area contributed by atoms with Crippen LogP contribution in [0.3, 0.4) is 0 Å². The average molecular weight is 418 g/mol. The Labute approximate surface area is 182 Å². The van der Waals surface area contributed by atoms with E-state index in [4.69, 9.17) is 14.2 Å². The summed E-state index contributed by atoms with van der Waals surface area (Å²) in [4.78, 5) is 12.0. The predicted molar refractivity (Wildman–Crippen MR) is 121 cm³/mol. The quantitative estimate of drug-likeness (QED) is 0.413. The summed E-state index contributed by atoms with van der Waals surface area (Å²) in [6.45, 7) is 4.24. The van der Waals surface area contributed by atoms with Crippen LogP contribution in [-0.4, -0.2) is 25.8 Å². The Hall–Kier alpha value is -3.80. The van der Waals surface area contributed by atoms with Gasteiger partial charge < -0.3 is 14.2 Å². The minimum atomic E-state index is -0.341. The van der Waals surface area contributed by atoms with E-state index >= 15 is 0 Å². The van der Waals surface area contributed by atoms with E-state index in [1.165, 1.54) is 0 Å². The van der Waals surface area contributed by atoms with Gasteiger partial charge in [0.25, 0.3) is 5.91 Å². The maximum atomic E-state index is 12.0. The first-order chi connectivity index (χ1) is 15.0. The lowest BCUT2D eigenvalue weighted by molar-refractivity contribution is -0.123. The largest absolute Gasteiger partial charge is 0.493 e. The van der Waals surface area contributed by atoms with Crippen molar-refractivity contribution in [3.63, 3.8) is 0 Å². The predicted octanol–water partition coefficient (Wildman–Crippen LogP) is 4.42. The van der Waals surface area contributed by atoms with Crippen LogP contribution in [0, 0.1) is 13.8 Å². The number of amides is 1. The monoisotopic (exact) mass is 418 g/mol. The number of carbonyl (C=O) groups is 1. The zero-order chi connectivity index (χ0) is 22.1. The van der Waals surface area contributed by atoms with Gasteiger partial charge in [-0.2, -0.15) is 5.10 Å². The smallest absolute Gasteiger partial charge is 0.277 e. The van der Waals surface area contributed by atoms with E-state index in [0.717, 1.165) is 22.3 Å². The SMILES string of the molecule is COc1cc(/C=N\NC(=O)COc2cc(C)ccc2C)ccc1OCc1ccccc1. The number of methoxy groups -OCH3 is 1. The molecule has 6 nitrogen and oxygen atoms in total. The summed E-state index contributed by atoms with van der Waals surface area (Å²) in [7, 11) is 1.58. The lowest BCUT2D eigenvalue weighted by atomic mass is 10.1. The standard InChI is InChI=1S/C25H26N2O4/c1-18-9-10-19(2)23(13-18)31-17-25(28)27-26-15-21-11-12-22(24(14-21)29-3)30-16-20-7-5-4-6-8-20/h4-15H,16-17H2,1-3H3,(H,27,28)/b26-15-. The normalized spacial score (nSPS) is 10.7. The highest BCUT2D eigenvalue weighted by atomic mass is 16.5. The molecule has 31 heavy (non-hydrogen) atoms. The van der Waals surface area contributed by atoms with Crippen LogP contribution in [0.5, 0.6) is 17.2 Å². The molecule has 3 aromatic rings. The van der Waals surface area contributed by atoms with Crippen molar-refractivity contribution in [1.29, 1.82) is 0 Å². The molecule has 0 heterocycles. The van der Waals surface area contributed by atoms with Gasteiger partial charge >= 0.3 is 0 Å². The van der Waals surface area contributed by atoms with Crippen molar-refractivity contribution >= 4 is 12.1 Å². The third-order valence-electron chi connectivity index (χ3n) is 4.53. The Bertz CT molecular complexity index is 1050. The van der Waals surface area contributed by atoms with E-state index in [0.29, 0.717) is 23.9 Å². The van der Waals surface area contributed by atoms with Gasteiger partial charge in [0.15, 0.2) is 18.1 Å². The minimum absolute atomic E-state index is 0.114. The molecule has 0 unspecified atom stereocenters. The van der Waals surface area contributed by atoms with Crippen LogP contribution in [0.2, 0.25) is 0 Å². The molecule has 6 heteroatoms. The van der Waals surface area contributed by atoms with Gasteiger partial charge in [0, 0.05) is 0 Å². The Kier molecular flexibility index (Phi) is 7.65. The lowest BCUT2D eigenvalue weighted by Crippen LogP contribution is -2.24. The fraction of sp³-hybridized carbons (Fsp3) is 0.200. The number of hydrogen-bond acceptors (Lipinski definition) is 5. The zero-order valence-electron chi connectivity index (χ0n) is 17.9. The summed E-state index contributed by atoms with van der Waals surface area (Å²) in [5, 5.41) is 3.99. The second kappa shape index (κ2) is 10.8. The second-order valence-electron chi connectivity index (χ2n) is 7.04. The first-order valence-corrected chi connectivity index (χ1v) is 9.92. The number of benzene rings is 3. The Balaban J connectivity index is 1.52. The van der Waals surface area contributed by atoms with E-state index in [1.807, 2.05) is 74.5 Å². The molecule has 0 aliphatic carbocycles. The molecule has 0 fully saturated rings. The summed E-state index contributed by atoms with van der Waals surface area (Å²) in [6.07, 6.45) is 1.54. The van der Waals surface area contributed by atoms with Crippen molar-refractivity contribution in [2.75, 3.05) is 13.7 Å². The summed E-state index contributed by atoms with van der Waals surface area (Å²) in [5.41, 5.74) is 6.35. The molecule has 0 saturated heterocycles. The molecule has 3 rings (SSSR count). The molecule has 1 N–H and O–H groups in total. The third-order valence-corrected chi connectivity index (χ3v) is 4.53. The third kappa shape index (κ3) is 6.60. The van der Waals surface area contributed by atoms with Crippen molar-refractivity contribution in [3.05, 3.63) is 89.0 Å². The molecule has 0 radical (unpaired) electrons. The number of nitrogens with one attached hydrogen (secondary N) is 1. The van der Waals surface area contributed by atoms with Gasteiger partial charge in [-0.3, -0.25) is 4.79 Å². The van der Waals surface area contributed by atoms with Crippen LogP contribution in [-0.2, 0) is 11.4 Å². The molecule has 0 bridgehead atoms. The molecule has 0 aliphatic heterocycles. The number of ether oxygens (including phenoxy) is 3. The van der Waals surface area contributed by atoms with E-state index in [9.17, 15) is 4.79 Å². The molecule has 0 aromatic heterocycles. The van der Waals surface area contributed by atoms with E-state index in [1.54, 1.807) is 19.4 Å². The fourth-order valence-corrected chi connectivity index (χ4v) is 2.84. The maximum Gasteiger partial charge on any atom is 0.277 e. The highest BCUT2D eigenvalue weighted by molar-refractivity contribution is 5.83. The van der Waals surface area contributed by atoms with E-state index in [2.05, 4.69) is 10.5 Å². The number of rotatable bonds is 9. The van der Waals surface area contributed by atoms with Crippen LogP contribution in [0.1, 0.15) is 22.3 Å². The molecule has 160 valence electrons. The van der Waals surface area contributed by atoms with Crippen LogP contribution >= 0.6 is 0 Å². The van der Waals surface area contributed by atoms with E-state index < -0.39 is 0 Å². The highest BCUT2D eigenvalue weighted by Crippen LogP contribution is 2.28. The fourth-order valence-electron chi connectivity index (χ4n) is 2.84. The first kappa shape index (κ1) is 21.9. The number of hydrazone groups is 1. The zero-order valence-corrected chi connectivity index (χ0v) is 17.9. The van der Waals surface area contributed by atoms with Crippen molar-refractivity contribution in [3.8, 4) is 17.2 Å². The van der Waals surface area contributed by atoms with Gasteiger partial charge in [0.1, 0.15) is 12.4 Å². The minimum Gasteiger partial charge on any atom is -0.493 e. The number of nitrogens with zero attached hydrogens (tertiary/aromatic N) is 1. The summed E-state index contributed by atoms with van der Waals surface area (Å²) < 4.78 is 16.8. The van der Waals surface area contributed by atoms with Gasteiger partial charge in [-0.1, -0.05) is 42.5 Å². The topological polar surface area (TPSA) is 69.2 Å². The Morgan fingerprint density at radius 2 is 1.74 bits per heavy atom. The van der Waals surface area contributed by atoms with Gasteiger partial charge in [0.05, 0.1) is 13.3 Å². The molecule has 3 aromatic carbocycles. The number of carbonyl (C=O) groups excluding carboxylic acids is 1. The molecule has 0 saturated carbocycles. The molecular formula is C25H26N2O4. The molecular weight excluding hydrogens is 392 g/mol. The van der Waals surface area contributed by atoms with Gasteiger partial charge in [0.2, 0.25) is 0 Å². The average Bonchev–Trinajstić information content (AvgIpc) is 2.79. The summed E-state index contributed by atoms with van der Waals surface area (Å²) >= 11 is 0. The van der Waals surface area contributed by atoms with Crippen molar-refractivity contribution < 1.29 is 19.0 Å². The Morgan fingerprint density at radius 1 is 0.935 bits per heavy atom. The van der Waals surface area contributed by atoms with Crippen molar-refractivity contribution in [2.45, 2.75) is 20.5 Å². The van der Waals surface area contributed by atoms with Crippen LogP contribution in [0.4, 0.5) is 0 Å².